The molecule has 2 aromatic heterocycles. The molecule has 0 saturated carbocycles. The van der Waals surface area contributed by atoms with Crippen molar-refractivity contribution >= 4 is 151 Å². The van der Waals surface area contributed by atoms with Crippen molar-refractivity contribution in [3.05, 3.63) is 218 Å². The molecule has 0 aliphatic carbocycles. The third-order valence-electron chi connectivity index (χ3n) is 13.3. The summed E-state index contributed by atoms with van der Waals surface area (Å²) in [6.45, 7) is 0. The number of benzene rings is 12. The molecular formula is C60H36N2S2. The highest BCUT2D eigenvalue weighted by Gasteiger charge is 2.24. The topological polar surface area (TPSA) is 6.48 Å². The van der Waals surface area contributed by atoms with E-state index >= 15 is 0 Å². The van der Waals surface area contributed by atoms with Gasteiger partial charge >= 0.3 is 0 Å². The second kappa shape index (κ2) is 13.9. The maximum Gasteiger partial charge on any atom is 0.0546 e. The summed E-state index contributed by atoms with van der Waals surface area (Å²) >= 11 is 3.73. The first-order valence-corrected chi connectivity index (χ1v) is 23.4. The van der Waals surface area contributed by atoms with E-state index in [1.54, 1.807) is 0 Å². The Balaban J connectivity index is 1.04. The minimum atomic E-state index is 1.13. The zero-order valence-corrected chi connectivity index (χ0v) is 36.1. The average molecular weight is 849 g/mol. The number of thiophene rings is 2. The van der Waals surface area contributed by atoms with Gasteiger partial charge in [0, 0.05) is 73.9 Å². The Hall–Kier alpha value is -7.76. The smallest absolute Gasteiger partial charge is 0.0546 e. The van der Waals surface area contributed by atoms with Crippen molar-refractivity contribution in [2.24, 2.45) is 0 Å². The molecule has 0 amide bonds. The standard InChI is InChI=1S/C60H36N2S2/c1-3-13-39-31-43(25-23-37(39)11-1)61(45-27-29-57-51(35-45)47-17-5-7-21-55(47)63-57)53-33-41-15-10-20-50-54(34-42-16-9-19-49(53)59(42)60(41)50)62(44-26-24-38-12-2-4-14-40(38)32-44)46-28-30-58-52(36-46)48-18-6-8-22-56(48)64-58/h1-36H. The van der Waals surface area contributed by atoms with Crippen molar-refractivity contribution < 1.29 is 0 Å². The minimum absolute atomic E-state index is 1.13. The Labute approximate surface area is 377 Å². The van der Waals surface area contributed by atoms with Crippen molar-refractivity contribution in [1.29, 1.82) is 0 Å². The van der Waals surface area contributed by atoms with Crippen LogP contribution in [0.4, 0.5) is 34.1 Å². The van der Waals surface area contributed by atoms with Crippen LogP contribution in [-0.2, 0) is 0 Å². The summed E-state index contributed by atoms with van der Waals surface area (Å²) in [6.07, 6.45) is 0. The number of nitrogens with zero attached hydrogens (tertiary/aromatic N) is 2. The fraction of sp³-hybridized carbons (Fsp3) is 0. The van der Waals surface area contributed by atoms with Crippen LogP contribution in [0.2, 0.25) is 0 Å². The van der Waals surface area contributed by atoms with Crippen molar-refractivity contribution in [2.45, 2.75) is 0 Å². The quantitative estimate of drug-likeness (QED) is 0.154. The molecule has 14 aromatic rings. The van der Waals surface area contributed by atoms with Gasteiger partial charge in [0.25, 0.3) is 0 Å². The zero-order chi connectivity index (χ0) is 41.9. The predicted octanol–water partition coefficient (Wildman–Crippen LogP) is 18.6. The number of hydrogen-bond acceptors (Lipinski definition) is 4. The van der Waals surface area contributed by atoms with E-state index in [0.29, 0.717) is 0 Å². The van der Waals surface area contributed by atoms with Crippen molar-refractivity contribution in [1.82, 2.24) is 0 Å². The van der Waals surface area contributed by atoms with E-state index in [2.05, 4.69) is 228 Å². The first-order valence-electron chi connectivity index (χ1n) is 21.8. The molecule has 0 atom stereocenters. The second-order valence-corrected chi connectivity index (χ2v) is 19.1. The van der Waals surface area contributed by atoms with E-state index in [1.807, 2.05) is 22.7 Å². The normalized spacial score (nSPS) is 12.1. The molecule has 0 radical (unpaired) electrons. The zero-order valence-electron chi connectivity index (χ0n) is 34.5. The number of hydrogen-bond donors (Lipinski definition) is 0. The second-order valence-electron chi connectivity index (χ2n) is 16.9. The average Bonchev–Trinajstić information content (AvgIpc) is 3.91. The summed E-state index contributed by atoms with van der Waals surface area (Å²) in [5, 5.41) is 17.5. The van der Waals surface area contributed by atoms with Gasteiger partial charge in [-0.1, -0.05) is 133 Å². The van der Waals surface area contributed by atoms with Crippen LogP contribution in [0, 0.1) is 0 Å². The summed E-state index contributed by atoms with van der Waals surface area (Å²) in [7, 11) is 0. The number of fused-ring (bicyclic) bond motifs is 8. The van der Waals surface area contributed by atoms with E-state index in [0.717, 1.165) is 34.1 Å². The van der Waals surface area contributed by atoms with Crippen LogP contribution in [0.3, 0.4) is 0 Å². The SMILES string of the molecule is c1ccc2cc(N(c3ccc4sc5ccccc5c4c3)c3cc4cccc5c(N(c6ccc7ccccc7c6)c6ccc7sc8ccccc8c7c6)cc6cccc3c6c45)ccc2c1. The van der Waals surface area contributed by atoms with E-state index in [1.165, 1.54) is 94.2 Å². The van der Waals surface area contributed by atoms with Crippen LogP contribution in [-0.4, -0.2) is 0 Å². The van der Waals surface area contributed by atoms with Crippen LogP contribution in [0.25, 0.3) is 94.2 Å². The van der Waals surface area contributed by atoms with E-state index in [9.17, 15) is 0 Å². The van der Waals surface area contributed by atoms with Gasteiger partial charge in [0.1, 0.15) is 0 Å². The molecule has 12 aromatic carbocycles. The summed E-state index contributed by atoms with van der Waals surface area (Å²) in [5.41, 5.74) is 6.86. The lowest BCUT2D eigenvalue weighted by atomic mass is 9.91. The van der Waals surface area contributed by atoms with Gasteiger partial charge in [-0.15, -0.1) is 22.7 Å². The fourth-order valence-corrected chi connectivity index (χ4v) is 12.6. The fourth-order valence-electron chi connectivity index (χ4n) is 10.4. The highest BCUT2D eigenvalue weighted by molar-refractivity contribution is 7.26. The molecule has 0 spiro atoms. The molecule has 298 valence electrons. The Morgan fingerprint density at radius 1 is 0.234 bits per heavy atom. The Bertz CT molecular complexity index is 3910. The van der Waals surface area contributed by atoms with Crippen LogP contribution >= 0.6 is 22.7 Å². The molecule has 0 aliphatic heterocycles. The summed E-state index contributed by atoms with van der Waals surface area (Å²) in [5.74, 6) is 0. The summed E-state index contributed by atoms with van der Waals surface area (Å²) in [6, 6.07) is 81.4. The van der Waals surface area contributed by atoms with E-state index < -0.39 is 0 Å². The monoisotopic (exact) mass is 848 g/mol. The summed E-state index contributed by atoms with van der Waals surface area (Å²) < 4.78 is 5.22. The highest BCUT2D eigenvalue weighted by atomic mass is 32.1. The molecule has 0 bridgehead atoms. The summed E-state index contributed by atoms with van der Waals surface area (Å²) in [4.78, 5) is 4.98. The largest absolute Gasteiger partial charge is 0.310 e. The van der Waals surface area contributed by atoms with Crippen LogP contribution < -0.4 is 9.80 Å². The lowest BCUT2D eigenvalue weighted by Gasteiger charge is -2.30. The minimum Gasteiger partial charge on any atom is -0.310 e. The molecule has 14 rings (SSSR count). The van der Waals surface area contributed by atoms with Gasteiger partial charge in [-0.2, -0.15) is 0 Å². The lowest BCUT2D eigenvalue weighted by molar-refractivity contribution is 1.31. The Morgan fingerprint density at radius 3 is 1.08 bits per heavy atom. The Morgan fingerprint density at radius 2 is 0.594 bits per heavy atom. The molecule has 0 unspecified atom stereocenters. The van der Waals surface area contributed by atoms with Gasteiger partial charge in [0.15, 0.2) is 0 Å². The third kappa shape index (κ3) is 5.43. The van der Waals surface area contributed by atoms with Gasteiger partial charge < -0.3 is 9.80 Å². The van der Waals surface area contributed by atoms with Crippen molar-refractivity contribution in [3.8, 4) is 0 Å². The first kappa shape index (κ1) is 35.8. The van der Waals surface area contributed by atoms with Crippen LogP contribution in [0.1, 0.15) is 0 Å². The molecule has 64 heavy (non-hydrogen) atoms. The maximum atomic E-state index is 2.49. The molecule has 0 aliphatic rings. The van der Waals surface area contributed by atoms with Gasteiger partial charge in [-0.3, -0.25) is 0 Å². The van der Waals surface area contributed by atoms with Crippen molar-refractivity contribution in [3.63, 3.8) is 0 Å². The van der Waals surface area contributed by atoms with E-state index in [4.69, 9.17) is 0 Å². The van der Waals surface area contributed by atoms with Crippen molar-refractivity contribution in [2.75, 3.05) is 9.80 Å². The molecule has 0 N–H and O–H groups in total. The van der Waals surface area contributed by atoms with Gasteiger partial charge in [-0.25, -0.2) is 0 Å². The number of rotatable bonds is 6. The maximum absolute atomic E-state index is 2.49. The van der Waals surface area contributed by atoms with Gasteiger partial charge in [0.2, 0.25) is 0 Å². The number of anilines is 6. The molecular weight excluding hydrogens is 813 g/mol. The lowest BCUT2D eigenvalue weighted by Crippen LogP contribution is -2.12. The van der Waals surface area contributed by atoms with Gasteiger partial charge in [0.05, 0.1) is 11.4 Å². The molecule has 2 nitrogen and oxygen atoms in total. The highest BCUT2D eigenvalue weighted by Crippen LogP contribution is 2.51. The van der Waals surface area contributed by atoms with Gasteiger partial charge in [-0.05, 0) is 128 Å². The first-order chi connectivity index (χ1) is 31.7. The van der Waals surface area contributed by atoms with Crippen LogP contribution in [0.5, 0.6) is 0 Å². The molecule has 0 saturated heterocycles. The molecule has 4 heteroatoms. The molecule has 0 fully saturated rings. The van der Waals surface area contributed by atoms with E-state index in [-0.39, 0.29) is 0 Å². The van der Waals surface area contributed by atoms with Crippen LogP contribution in [0.15, 0.2) is 218 Å². The molecule has 2 heterocycles. The third-order valence-corrected chi connectivity index (χ3v) is 15.6. The predicted molar refractivity (Wildman–Crippen MR) is 280 cm³/mol. The Kier molecular flexibility index (Phi) is 7.76.